The zero-order valence-electron chi connectivity index (χ0n) is 11.3. The topological polar surface area (TPSA) is 79.5 Å². The Hall–Kier alpha value is -1.46. The monoisotopic (exact) mass is 263 g/mol. The largest absolute Gasteiger partial charge is 0.390 e. The summed E-state index contributed by atoms with van der Waals surface area (Å²) < 4.78 is 0. The molecule has 0 spiro atoms. The molecule has 0 aliphatic carbocycles. The maximum absolute atomic E-state index is 12.3. The number of pyridine rings is 1. The molecule has 1 amide bonds. The van der Waals surface area contributed by atoms with Crippen molar-refractivity contribution in [1.29, 1.82) is 0 Å². The Labute approximate surface area is 113 Å². The molecular weight excluding hydrogens is 242 g/mol. The molecule has 0 aromatic carbocycles. The molecule has 104 valence electrons. The number of aliphatic hydroxyl groups is 1. The molecule has 2 heterocycles. The van der Waals surface area contributed by atoms with Gasteiger partial charge >= 0.3 is 0 Å². The number of nitrogens with zero attached hydrogens (tertiary/aromatic N) is 2. The van der Waals surface area contributed by atoms with E-state index in [1.165, 1.54) is 0 Å². The number of amides is 1. The van der Waals surface area contributed by atoms with E-state index in [2.05, 4.69) is 4.98 Å². The molecule has 5 heteroatoms. The lowest BCUT2D eigenvalue weighted by Gasteiger charge is -2.22. The van der Waals surface area contributed by atoms with Crippen LogP contribution >= 0.6 is 0 Å². The van der Waals surface area contributed by atoms with E-state index in [1.807, 2.05) is 13.0 Å². The summed E-state index contributed by atoms with van der Waals surface area (Å²) in [5.74, 6) is -0.0683. The molecule has 1 aromatic heterocycles. The van der Waals surface area contributed by atoms with Crippen molar-refractivity contribution in [3.8, 4) is 0 Å². The van der Waals surface area contributed by atoms with E-state index in [-0.39, 0.29) is 5.91 Å². The van der Waals surface area contributed by atoms with Gasteiger partial charge in [-0.1, -0.05) is 6.07 Å². The smallest absolute Gasteiger partial charge is 0.272 e. The Bertz CT molecular complexity index is 443. The minimum Gasteiger partial charge on any atom is -0.390 e. The Balaban J connectivity index is 2.06. The number of carbonyl (C=O) groups is 1. The first-order valence-electron chi connectivity index (χ1n) is 6.68. The van der Waals surface area contributed by atoms with Crippen LogP contribution in [0.25, 0.3) is 0 Å². The van der Waals surface area contributed by atoms with Gasteiger partial charge in [-0.3, -0.25) is 9.78 Å². The summed E-state index contributed by atoms with van der Waals surface area (Å²) in [5.41, 5.74) is 6.20. The predicted octanol–water partition coefficient (Wildman–Crippen LogP) is 0.917. The zero-order chi connectivity index (χ0) is 13.9. The van der Waals surface area contributed by atoms with Crippen LogP contribution in [0.5, 0.6) is 0 Å². The zero-order valence-corrected chi connectivity index (χ0v) is 11.3. The maximum Gasteiger partial charge on any atom is 0.272 e. The fourth-order valence-corrected chi connectivity index (χ4v) is 2.30. The van der Waals surface area contributed by atoms with Gasteiger partial charge in [0.2, 0.25) is 0 Å². The minimum atomic E-state index is -0.661. The van der Waals surface area contributed by atoms with Gasteiger partial charge in [0.15, 0.2) is 0 Å². The number of carbonyl (C=O) groups excluding carboxylic acids is 1. The molecule has 3 N–H and O–H groups in total. The molecule has 0 radical (unpaired) electrons. The Kier molecular flexibility index (Phi) is 4.17. The first-order valence-corrected chi connectivity index (χ1v) is 6.68. The van der Waals surface area contributed by atoms with E-state index in [4.69, 9.17) is 5.73 Å². The van der Waals surface area contributed by atoms with Gasteiger partial charge in [0.05, 0.1) is 5.60 Å². The second-order valence-electron chi connectivity index (χ2n) is 5.40. The third-order valence-electron chi connectivity index (χ3n) is 3.63. The van der Waals surface area contributed by atoms with Crippen molar-refractivity contribution < 1.29 is 9.90 Å². The van der Waals surface area contributed by atoms with Crippen molar-refractivity contribution in [2.24, 2.45) is 5.73 Å². The third-order valence-corrected chi connectivity index (χ3v) is 3.63. The van der Waals surface area contributed by atoms with Crippen molar-refractivity contribution in [2.45, 2.75) is 38.3 Å². The number of hydrogen-bond acceptors (Lipinski definition) is 4. The molecule has 1 aliphatic rings. The first kappa shape index (κ1) is 14.0. The first-order chi connectivity index (χ1) is 9.02. The van der Waals surface area contributed by atoms with Crippen LogP contribution in [0.15, 0.2) is 18.3 Å². The van der Waals surface area contributed by atoms with Crippen LogP contribution in [0, 0.1) is 0 Å². The maximum atomic E-state index is 12.3. The molecule has 1 unspecified atom stereocenters. The highest BCUT2D eigenvalue weighted by atomic mass is 16.3. The molecular formula is C14H21N3O2. The average molecular weight is 263 g/mol. The summed E-state index contributed by atoms with van der Waals surface area (Å²) in [6.07, 6.45) is 3.80. The lowest BCUT2D eigenvalue weighted by Crippen LogP contribution is -2.34. The molecule has 19 heavy (non-hydrogen) atoms. The lowest BCUT2D eigenvalue weighted by atomic mass is 9.98. The van der Waals surface area contributed by atoms with Crippen molar-refractivity contribution in [1.82, 2.24) is 9.88 Å². The highest BCUT2D eigenvalue weighted by Gasteiger charge is 2.27. The molecule has 1 aromatic rings. The van der Waals surface area contributed by atoms with Gasteiger partial charge < -0.3 is 15.7 Å². The number of nitrogens with two attached hydrogens (primary N) is 1. The van der Waals surface area contributed by atoms with Gasteiger partial charge in [0, 0.05) is 25.8 Å². The molecule has 1 saturated heterocycles. The fraction of sp³-hybridized carbons (Fsp3) is 0.571. The van der Waals surface area contributed by atoms with Gasteiger partial charge in [-0.25, -0.2) is 0 Å². The van der Waals surface area contributed by atoms with Gasteiger partial charge in [-0.2, -0.15) is 0 Å². The van der Waals surface area contributed by atoms with Gasteiger partial charge in [-0.15, -0.1) is 0 Å². The Morgan fingerprint density at radius 2 is 2.26 bits per heavy atom. The average Bonchev–Trinajstić information content (AvgIpc) is 2.59. The normalized spacial score (nSPS) is 24.1. The highest BCUT2D eigenvalue weighted by Crippen LogP contribution is 2.22. The molecule has 1 aliphatic heterocycles. The lowest BCUT2D eigenvalue weighted by molar-refractivity contribution is 0.0437. The standard InChI is InChI=1S/C14H21N3O2/c1-14(19)5-2-7-17(8-6-14)13(18)12-4-3-11(9-15)10-16-12/h3-4,10,19H,2,5-9,15H2,1H3. The van der Waals surface area contributed by atoms with Crippen LogP contribution in [0.3, 0.4) is 0 Å². The number of likely N-dealkylation sites (tertiary alicyclic amines) is 1. The van der Waals surface area contributed by atoms with Gasteiger partial charge in [0.1, 0.15) is 5.69 Å². The van der Waals surface area contributed by atoms with Crippen LogP contribution in [-0.4, -0.2) is 39.6 Å². The summed E-state index contributed by atoms with van der Waals surface area (Å²) in [5, 5.41) is 10.0. The van der Waals surface area contributed by atoms with Crippen molar-refractivity contribution in [2.75, 3.05) is 13.1 Å². The van der Waals surface area contributed by atoms with Crippen molar-refractivity contribution >= 4 is 5.91 Å². The van der Waals surface area contributed by atoms with E-state index in [9.17, 15) is 9.90 Å². The van der Waals surface area contributed by atoms with Crippen LogP contribution < -0.4 is 5.73 Å². The number of aromatic nitrogens is 1. The van der Waals surface area contributed by atoms with Crippen LogP contribution in [-0.2, 0) is 6.54 Å². The highest BCUT2D eigenvalue weighted by molar-refractivity contribution is 5.92. The van der Waals surface area contributed by atoms with Crippen LogP contribution in [0.1, 0.15) is 42.2 Å². The van der Waals surface area contributed by atoms with Gasteiger partial charge in [0.25, 0.3) is 5.91 Å². The van der Waals surface area contributed by atoms with E-state index in [0.717, 1.165) is 18.4 Å². The quantitative estimate of drug-likeness (QED) is 0.831. The van der Waals surface area contributed by atoms with E-state index in [0.29, 0.717) is 31.7 Å². The summed E-state index contributed by atoms with van der Waals surface area (Å²) in [6, 6.07) is 3.54. The summed E-state index contributed by atoms with van der Waals surface area (Å²) >= 11 is 0. The summed E-state index contributed by atoms with van der Waals surface area (Å²) in [4.78, 5) is 18.2. The fourth-order valence-electron chi connectivity index (χ4n) is 2.30. The molecule has 0 bridgehead atoms. The van der Waals surface area contributed by atoms with Crippen molar-refractivity contribution in [3.63, 3.8) is 0 Å². The minimum absolute atomic E-state index is 0.0683. The summed E-state index contributed by atoms with van der Waals surface area (Å²) in [7, 11) is 0. The molecule has 0 saturated carbocycles. The Morgan fingerprint density at radius 3 is 2.89 bits per heavy atom. The SMILES string of the molecule is CC1(O)CCCN(C(=O)c2ccc(CN)cn2)CC1. The third kappa shape index (κ3) is 3.52. The van der Waals surface area contributed by atoms with Crippen molar-refractivity contribution in [3.05, 3.63) is 29.6 Å². The predicted molar refractivity (Wildman–Crippen MR) is 72.5 cm³/mol. The van der Waals surface area contributed by atoms with E-state index >= 15 is 0 Å². The van der Waals surface area contributed by atoms with E-state index < -0.39 is 5.60 Å². The Morgan fingerprint density at radius 1 is 1.47 bits per heavy atom. The molecule has 5 nitrogen and oxygen atoms in total. The van der Waals surface area contributed by atoms with E-state index in [1.54, 1.807) is 17.2 Å². The van der Waals surface area contributed by atoms with Crippen LogP contribution in [0.2, 0.25) is 0 Å². The number of rotatable bonds is 2. The van der Waals surface area contributed by atoms with Crippen LogP contribution in [0.4, 0.5) is 0 Å². The molecule has 1 fully saturated rings. The van der Waals surface area contributed by atoms with Gasteiger partial charge in [-0.05, 0) is 37.8 Å². The second kappa shape index (κ2) is 5.67. The second-order valence-corrected chi connectivity index (χ2v) is 5.40. The number of hydrogen-bond donors (Lipinski definition) is 2. The molecule has 2 rings (SSSR count). The molecule has 1 atom stereocenters. The summed E-state index contributed by atoms with van der Waals surface area (Å²) in [6.45, 7) is 3.50.